The zero-order valence-electron chi connectivity index (χ0n) is 14.1. The lowest BCUT2D eigenvalue weighted by Crippen LogP contribution is -3.08. The van der Waals surface area contributed by atoms with Gasteiger partial charge in [-0.1, -0.05) is 12.1 Å². The Kier molecular flexibility index (Phi) is 7.21. The molecule has 0 aliphatic heterocycles. The van der Waals surface area contributed by atoms with Crippen LogP contribution in [-0.4, -0.2) is 63.9 Å². The molecule has 0 fully saturated rings. The number of rotatable bonds is 7. The smallest absolute Gasteiger partial charge is 0.275 e. The lowest BCUT2D eigenvalue weighted by atomic mass is 10.1. The van der Waals surface area contributed by atoms with Crippen LogP contribution < -0.4 is 15.5 Å². The normalized spacial score (nSPS) is 11.5. The van der Waals surface area contributed by atoms with Crippen molar-refractivity contribution in [1.82, 2.24) is 15.5 Å². The second-order valence-electron chi connectivity index (χ2n) is 5.65. The Balaban J connectivity index is 2.44. The fourth-order valence-corrected chi connectivity index (χ4v) is 2.00. The zero-order valence-corrected chi connectivity index (χ0v) is 14.1. The Hall–Kier alpha value is -2.41. The van der Waals surface area contributed by atoms with Crippen molar-refractivity contribution >= 4 is 17.7 Å². The third-order valence-electron chi connectivity index (χ3n) is 3.35. The molecule has 3 N–H and O–H groups in total. The average Bonchev–Trinajstić information content (AvgIpc) is 2.52. The van der Waals surface area contributed by atoms with Crippen LogP contribution in [0.15, 0.2) is 24.3 Å². The maximum absolute atomic E-state index is 11.8. The minimum Gasteiger partial charge on any atom is -0.355 e. The monoisotopic (exact) mass is 321 g/mol. The van der Waals surface area contributed by atoms with E-state index in [4.69, 9.17) is 0 Å². The number of quaternary nitrogens is 1. The Labute approximate surface area is 136 Å². The second kappa shape index (κ2) is 8.89. The van der Waals surface area contributed by atoms with Crippen molar-refractivity contribution < 1.29 is 19.3 Å². The molecule has 1 rings (SSSR count). The van der Waals surface area contributed by atoms with Crippen LogP contribution in [0.3, 0.4) is 0 Å². The maximum Gasteiger partial charge on any atom is 0.275 e. The highest BCUT2D eigenvalue weighted by Gasteiger charge is 2.13. The fraction of sp³-hybridized carbons (Fsp3) is 0.438. The first kappa shape index (κ1) is 18.6. The molecule has 23 heavy (non-hydrogen) atoms. The molecule has 0 aliphatic rings. The molecule has 126 valence electrons. The molecule has 0 saturated carbocycles. The first-order valence-corrected chi connectivity index (χ1v) is 7.42. The van der Waals surface area contributed by atoms with Gasteiger partial charge in [0.1, 0.15) is 6.54 Å². The second-order valence-corrected chi connectivity index (χ2v) is 5.65. The van der Waals surface area contributed by atoms with E-state index in [1.54, 1.807) is 33.3 Å². The topological polar surface area (TPSA) is 83.0 Å². The SMILES string of the molecule is CNC(=O)c1ccc(C[NH+](C)CC(=O)NCC(=O)N(C)C)cc1. The summed E-state index contributed by atoms with van der Waals surface area (Å²) in [5.74, 6) is -0.428. The number of benzene rings is 1. The van der Waals surface area contributed by atoms with Gasteiger partial charge in [-0.3, -0.25) is 14.4 Å². The fourth-order valence-electron chi connectivity index (χ4n) is 2.00. The van der Waals surface area contributed by atoms with Crippen molar-refractivity contribution in [2.24, 2.45) is 0 Å². The van der Waals surface area contributed by atoms with Crippen LogP contribution in [0.25, 0.3) is 0 Å². The van der Waals surface area contributed by atoms with Gasteiger partial charge in [0.2, 0.25) is 5.91 Å². The van der Waals surface area contributed by atoms with Gasteiger partial charge in [-0.15, -0.1) is 0 Å². The van der Waals surface area contributed by atoms with Crippen LogP contribution in [0.2, 0.25) is 0 Å². The van der Waals surface area contributed by atoms with Crippen molar-refractivity contribution in [2.75, 3.05) is 41.3 Å². The third-order valence-corrected chi connectivity index (χ3v) is 3.35. The molecule has 7 nitrogen and oxygen atoms in total. The van der Waals surface area contributed by atoms with Gasteiger partial charge < -0.3 is 20.4 Å². The Morgan fingerprint density at radius 1 is 1.13 bits per heavy atom. The summed E-state index contributed by atoms with van der Waals surface area (Å²) in [7, 11) is 6.79. The van der Waals surface area contributed by atoms with Crippen molar-refractivity contribution in [3.05, 3.63) is 35.4 Å². The number of carbonyl (C=O) groups is 3. The van der Waals surface area contributed by atoms with Crippen LogP contribution in [0, 0.1) is 0 Å². The van der Waals surface area contributed by atoms with Gasteiger partial charge in [0, 0.05) is 32.3 Å². The maximum atomic E-state index is 11.8. The van der Waals surface area contributed by atoms with Crippen LogP contribution in [-0.2, 0) is 16.1 Å². The van der Waals surface area contributed by atoms with Gasteiger partial charge >= 0.3 is 0 Å². The first-order valence-electron chi connectivity index (χ1n) is 7.42. The molecular weight excluding hydrogens is 296 g/mol. The largest absolute Gasteiger partial charge is 0.355 e. The van der Waals surface area contributed by atoms with E-state index >= 15 is 0 Å². The highest BCUT2D eigenvalue weighted by Crippen LogP contribution is 2.03. The van der Waals surface area contributed by atoms with E-state index in [9.17, 15) is 14.4 Å². The molecule has 7 heteroatoms. The number of nitrogens with zero attached hydrogens (tertiary/aromatic N) is 1. The van der Waals surface area contributed by atoms with E-state index in [0.29, 0.717) is 12.1 Å². The molecule has 0 spiro atoms. The Bertz CT molecular complexity index is 555. The highest BCUT2D eigenvalue weighted by molar-refractivity contribution is 5.93. The zero-order chi connectivity index (χ0) is 17.4. The van der Waals surface area contributed by atoms with Crippen LogP contribution in [0.4, 0.5) is 0 Å². The quantitative estimate of drug-likeness (QED) is 0.558. The first-order chi connectivity index (χ1) is 10.8. The summed E-state index contributed by atoms with van der Waals surface area (Å²) in [5.41, 5.74) is 1.64. The number of likely N-dealkylation sites (N-methyl/N-ethyl adjacent to an activating group) is 2. The summed E-state index contributed by atoms with van der Waals surface area (Å²) in [6, 6.07) is 7.28. The molecule has 0 aliphatic carbocycles. The van der Waals surface area contributed by atoms with Crippen molar-refractivity contribution in [3.8, 4) is 0 Å². The molecule has 1 atom stereocenters. The molecule has 1 aromatic rings. The number of hydrogen-bond acceptors (Lipinski definition) is 3. The van der Waals surface area contributed by atoms with Gasteiger partial charge in [-0.05, 0) is 12.1 Å². The molecular formula is C16H25N4O3+. The molecule has 3 amide bonds. The van der Waals surface area contributed by atoms with E-state index in [0.717, 1.165) is 10.5 Å². The molecule has 0 aromatic heterocycles. The van der Waals surface area contributed by atoms with Gasteiger partial charge in [0.25, 0.3) is 11.8 Å². The average molecular weight is 321 g/mol. The van der Waals surface area contributed by atoms with E-state index in [1.807, 2.05) is 19.2 Å². The van der Waals surface area contributed by atoms with E-state index in [-0.39, 0.29) is 30.8 Å². The summed E-state index contributed by atoms with van der Waals surface area (Å²) in [6.45, 7) is 0.945. The molecule has 1 aromatic carbocycles. The molecule has 0 saturated heterocycles. The van der Waals surface area contributed by atoms with Crippen molar-refractivity contribution in [1.29, 1.82) is 0 Å². The molecule has 0 radical (unpaired) electrons. The summed E-state index contributed by atoms with van der Waals surface area (Å²) in [5, 5.41) is 5.18. The Morgan fingerprint density at radius 2 is 1.74 bits per heavy atom. The number of nitrogens with one attached hydrogen (secondary N) is 3. The van der Waals surface area contributed by atoms with Crippen LogP contribution in [0.1, 0.15) is 15.9 Å². The van der Waals surface area contributed by atoms with Crippen molar-refractivity contribution in [2.45, 2.75) is 6.54 Å². The van der Waals surface area contributed by atoms with Crippen LogP contribution in [0.5, 0.6) is 0 Å². The van der Waals surface area contributed by atoms with Gasteiger partial charge in [0.05, 0.1) is 13.6 Å². The highest BCUT2D eigenvalue weighted by atomic mass is 16.2. The number of amides is 3. The van der Waals surface area contributed by atoms with Gasteiger partial charge in [-0.25, -0.2) is 0 Å². The lowest BCUT2D eigenvalue weighted by molar-refractivity contribution is -0.885. The lowest BCUT2D eigenvalue weighted by Gasteiger charge is -2.15. The molecule has 0 bridgehead atoms. The molecule has 0 heterocycles. The van der Waals surface area contributed by atoms with Gasteiger partial charge in [-0.2, -0.15) is 0 Å². The Morgan fingerprint density at radius 3 is 2.26 bits per heavy atom. The summed E-state index contributed by atoms with van der Waals surface area (Å²) in [6.07, 6.45) is 0. The minimum atomic E-state index is -0.167. The summed E-state index contributed by atoms with van der Waals surface area (Å²) in [4.78, 5) is 37.1. The van der Waals surface area contributed by atoms with Gasteiger partial charge in [0.15, 0.2) is 6.54 Å². The van der Waals surface area contributed by atoms with E-state index in [1.165, 1.54) is 4.90 Å². The van der Waals surface area contributed by atoms with Crippen LogP contribution >= 0.6 is 0 Å². The summed E-state index contributed by atoms with van der Waals surface area (Å²) >= 11 is 0. The number of carbonyl (C=O) groups excluding carboxylic acids is 3. The third kappa shape index (κ3) is 6.48. The molecule has 1 unspecified atom stereocenters. The standard InChI is InChI=1S/C16H24N4O3/c1-17-16(23)13-7-5-12(6-8-13)10-20(4)11-14(21)18-9-15(22)19(2)3/h5-8H,9-11H2,1-4H3,(H,17,23)(H,18,21)/p+1. The predicted molar refractivity (Wildman–Crippen MR) is 87.0 cm³/mol. The predicted octanol–water partition coefficient (Wildman–Crippen LogP) is -1.73. The number of hydrogen-bond donors (Lipinski definition) is 3. The summed E-state index contributed by atoms with van der Waals surface area (Å²) < 4.78 is 0. The van der Waals surface area contributed by atoms with E-state index < -0.39 is 0 Å². The van der Waals surface area contributed by atoms with E-state index in [2.05, 4.69) is 10.6 Å². The minimum absolute atomic E-state index is 0.0138. The van der Waals surface area contributed by atoms with Crippen molar-refractivity contribution in [3.63, 3.8) is 0 Å².